The van der Waals surface area contributed by atoms with Gasteiger partial charge in [-0.15, -0.1) is 0 Å². The van der Waals surface area contributed by atoms with Gasteiger partial charge in [-0.2, -0.15) is 0 Å². The monoisotopic (exact) mass is 210 g/mol. The van der Waals surface area contributed by atoms with Crippen LogP contribution in [0.5, 0.6) is 0 Å². The summed E-state index contributed by atoms with van der Waals surface area (Å²) in [6.45, 7) is 2.18. The van der Waals surface area contributed by atoms with Gasteiger partial charge in [-0.05, 0) is 6.92 Å². The van der Waals surface area contributed by atoms with Crippen molar-refractivity contribution >= 4 is 11.9 Å². The molecular weight excluding hydrogens is 200 g/mol. The molecule has 0 aromatic rings. The highest BCUT2D eigenvalue weighted by Gasteiger charge is 2.60. The Labute approximate surface area is 85.5 Å². The largest absolute Gasteiger partial charge is 0.489 e. The number of allylic oxidation sites excluding steroid dienone is 1. The minimum Gasteiger partial charge on any atom is -0.489 e. The van der Waals surface area contributed by atoms with E-state index in [9.17, 15) is 9.59 Å². The van der Waals surface area contributed by atoms with Gasteiger partial charge in [0.25, 0.3) is 0 Å². The topological polar surface area (TPSA) is 78.9 Å². The Morgan fingerprint density at radius 3 is 3.07 bits per heavy atom. The number of hydrogen-bond donors (Lipinski definition) is 2. The van der Waals surface area contributed by atoms with Crippen LogP contribution in [0.2, 0.25) is 0 Å². The lowest BCUT2D eigenvalue weighted by Gasteiger charge is -2.47. The first kappa shape index (κ1) is 8.72. The molecule has 3 aliphatic heterocycles. The number of carboxylic acid groups (broad SMARTS) is 1. The number of carbonyl (C=O) groups excluding carboxylic acids is 1. The molecule has 2 fully saturated rings. The zero-order chi connectivity index (χ0) is 10.7. The Morgan fingerprint density at radius 1 is 1.67 bits per heavy atom. The molecule has 3 heterocycles. The molecular formula is C9H10N2O4. The van der Waals surface area contributed by atoms with Gasteiger partial charge < -0.3 is 15.2 Å². The highest BCUT2D eigenvalue weighted by molar-refractivity contribution is 6.00. The summed E-state index contributed by atoms with van der Waals surface area (Å²) in [7, 11) is 0. The van der Waals surface area contributed by atoms with E-state index >= 15 is 0 Å². The average molecular weight is 210 g/mol. The van der Waals surface area contributed by atoms with Crippen LogP contribution in [0.1, 0.15) is 6.92 Å². The van der Waals surface area contributed by atoms with Crippen LogP contribution in [0.3, 0.4) is 0 Å². The van der Waals surface area contributed by atoms with Crippen molar-refractivity contribution in [3.63, 3.8) is 0 Å². The number of carboxylic acids is 1. The summed E-state index contributed by atoms with van der Waals surface area (Å²) in [6, 6.07) is -0.384. The number of amides is 1. The van der Waals surface area contributed by atoms with E-state index in [4.69, 9.17) is 9.84 Å². The van der Waals surface area contributed by atoms with Crippen LogP contribution in [0.15, 0.2) is 11.5 Å². The van der Waals surface area contributed by atoms with Gasteiger partial charge in [0.15, 0.2) is 5.70 Å². The fourth-order valence-electron chi connectivity index (χ4n) is 2.54. The van der Waals surface area contributed by atoms with Crippen molar-refractivity contribution in [1.82, 2.24) is 10.2 Å². The van der Waals surface area contributed by atoms with Crippen LogP contribution in [-0.2, 0) is 14.3 Å². The zero-order valence-corrected chi connectivity index (χ0v) is 8.06. The predicted octanol–water partition coefficient (Wildman–Crippen LogP) is -1.12. The molecule has 0 saturated carbocycles. The van der Waals surface area contributed by atoms with Crippen molar-refractivity contribution in [3.8, 4) is 0 Å². The molecule has 80 valence electrons. The Kier molecular flexibility index (Phi) is 1.46. The lowest BCUT2D eigenvalue weighted by molar-refractivity contribution is -0.158. The molecule has 15 heavy (non-hydrogen) atoms. The standard InChI is InChI=1S/C9H10N2O4/c1-3-6(9(13)14)11-7-4(15-3)2-10-5(7)8(11)12/h4-5,7,10H,2H2,1H3,(H,13,14). The molecule has 0 bridgehead atoms. The number of rotatable bonds is 1. The molecule has 2 N–H and O–H groups in total. The first-order chi connectivity index (χ1) is 7.11. The Bertz CT molecular complexity index is 403. The molecule has 3 aliphatic rings. The van der Waals surface area contributed by atoms with E-state index in [0.29, 0.717) is 12.3 Å². The minimum absolute atomic E-state index is 0.0128. The van der Waals surface area contributed by atoms with Gasteiger partial charge in [0.1, 0.15) is 17.9 Å². The van der Waals surface area contributed by atoms with E-state index in [1.807, 2.05) is 0 Å². The van der Waals surface area contributed by atoms with Crippen LogP contribution in [-0.4, -0.2) is 46.6 Å². The van der Waals surface area contributed by atoms with E-state index in [0.717, 1.165) is 0 Å². The van der Waals surface area contributed by atoms with Gasteiger partial charge >= 0.3 is 5.97 Å². The first-order valence-electron chi connectivity index (χ1n) is 4.78. The van der Waals surface area contributed by atoms with Crippen molar-refractivity contribution in [2.75, 3.05) is 6.54 Å². The minimum atomic E-state index is -1.11. The molecule has 3 atom stereocenters. The number of nitrogens with zero attached hydrogens (tertiary/aromatic N) is 1. The van der Waals surface area contributed by atoms with Crippen LogP contribution in [0.4, 0.5) is 0 Å². The third kappa shape index (κ3) is 0.872. The van der Waals surface area contributed by atoms with E-state index in [1.165, 1.54) is 4.90 Å². The molecule has 6 nitrogen and oxygen atoms in total. The second kappa shape index (κ2) is 2.52. The van der Waals surface area contributed by atoms with E-state index < -0.39 is 5.97 Å². The van der Waals surface area contributed by atoms with Crippen molar-refractivity contribution in [3.05, 3.63) is 11.5 Å². The fourth-order valence-corrected chi connectivity index (χ4v) is 2.54. The van der Waals surface area contributed by atoms with Crippen molar-refractivity contribution < 1.29 is 19.4 Å². The van der Waals surface area contributed by atoms with Gasteiger partial charge in [0.05, 0.1) is 6.04 Å². The summed E-state index contributed by atoms with van der Waals surface area (Å²) >= 11 is 0. The Balaban J connectivity index is 2.06. The first-order valence-corrected chi connectivity index (χ1v) is 4.78. The molecule has 1 amide bonds. The average Bonchev–Trinajstić information content (AvgIpc) is 2.55. The summed E-state index contributed by atoms with van der Waals surface area (Å²) < 4.78 is 5.48. The summed E-state index contributed by atoms with van der Waals surface area (Å²) in [5, 5.41) is 12.0. The third-order valence-electron chi connectivity index (χ3n) is 3.17. The number of β-lactam (4-membered cyclic amide) rings is 1. The van der Waals surface area contributed by atoms with Crippen molar-refractivity contribution in [2.45, 2.75) is 25.1 Å². The maximum atomic E-state index is 11.6. The number of ether oxygens (including phenoxy) is 1. The quantitative estimate of drug-likeness (QED) is 0.536. The second-order valence-electron chi connectivity index (χ2n) is 3.95. The molecule has 3 rings (SSSR count). The lowest BCUT2D eigenvalue weighted by Crippen LogP contribution is -2.69. The molecule has 0 spiro atoms. The van der Waals surface area contributed by atoms with Crippen LogP contribution >= 0.6 is 0 Å². The van der Waals surface area contributed by atoms with Crippen LogP contribution in [0, 0.1) is 0 Å². The summed E-state index contributed by atoms with van der Waals surface area (Å²) in [4.78, 5) is 24.0. The number of carbonyl (C=O) groups is 2. The van der Waals surface area contributed by atoms with Gasteiger partial charge in [0, 0.05) is 6.54 Å². The molecule has 0 aromatic heterocycles. The Morgan fingerprint density at radius 2 is 2.40 bits per heavy atom. The number of nitrogens with one attached hydrogen (secondary N) is 1. The summed E-state index contributed by atoms with van der Waals surface area (Å²) in [6.07, 6.45) is -0.101. The maximum Gasteiger partial charge on any atom is 0.356 e. The summed E-state index contributed by atoms with van der Waals surface area (Å²) in [5.41, 5.74) is -0.0128. The molecule has 0 radical (unpaired) electrons. The normalized spacial score (nSPS) is 37.3. The molecule has 2 saturated heterocycles. The smallest absolute Gasteiger partial charge is 0.356 e. The van der Waals surface area contributed by atoms with E-state index in [2.05, 4.69) is 5.32 Å². The molecule has 6 heteroatoms. The maximum absolute atomic E-state index is 11.6. The fraction of sp³-hybridized carbons (Fsp3) is 0.556. The molecule has 0 aromatic carbocycles. The van der Waals surface area contributed by atoms with Gasteiger partial charge in [-0.25, -0.2) is 4.79 Å². The SMILES string of the molecule is CC1=C(C(=O)O)N2C(=O)C3NCC(O1)C32. The van der Waals surface area contributed by atoms with Crippen molar-refractivity contribution in [1.29, 1.82) is 0 Å². The van der Waals surface area contributed by atoms with E-state index in [-0.39, 0.29) is 29.8 Å². The summed E-state index contributed by atoms with van der Waals surface area (Å²) in [5.74, 6) is -0.952. The predicted molar refractivity (Wildman–Crippen MR) is 47.6 cm³/mol. The second-order valence-corrected chi connectivity index (χ2v) is 3.95. The van der Waals surface area contributed by atoms with Crippen molar-refractivity contribution in [2.24, 2.45) is 0 Å². The van der Waals surface area contributed by atoms with Gasteiger partial charge in [-0.3, -0.25) is 9.69 Å². The highest BCUT2D eigenvalue weighted by atomic mass is 16.5. The van der Waals surface area contributed by atoms with Gasteiger partial charge in [0.2, 0.25) is 5.91 Å². The third-order valence-corrected chi connectivity index (χ3v) is 3.17. The Hall–Kier alpha value is -1.56. The molecule has 0 aliphatic carbocycles. The number of aliphatic carboxylic acids is 1. The van der Waals surface area contributed by atoms with Gasteiger partial charge in [-0.1, -0.05) is 0 Å². The lowest BCUT2D eigenvalue weighted by atomic mass is 9.92. The number of hydrogen-bond acceptors (Lipinski definition) is 4. The van der Waals surface area contributed by atoms with E-state index in [1.54, 1.807) is 6.92 Å². The molecule has 3 unspecified atom stereocenters. The van der Waals surface area contributed by atoms with Crippen LogP contribution in [0.25, 0.3) is 0 Å². The zero-order valence-electron chi connectivity index (χ0n) is 8.06. The highest BCUT2D eigenvalue weighted by Crippen LogP contribution is 2.38. The van der Waals surface area contributed by atoms with Crippen LogP contribution < -0.4 is 5.32 Å².